The van der Waals surface area contributed by atoms with Gasteiger partial charge in [0.25, 0.3) is 5.91 Å². The molecule has 0 fully saturated rings. The summed E-state index contributed by atoms with van der Waals surface area (Å²) < 4.78 is 14.2. The van der Waals surface area contributed by atoms with Crippen LogP contribution in [-0.4, -0.2) is 5.91 Å². The Morgan fingerprint density at radius 1 is 1.35 bits per heavy atom. The zero-order chi connectivity index (χ0) is 12.4. The van der Waals surface area contributed by atoms with E-state index >= 15 is 0 Å². The predicted octanol–water partition coefficient (Wildman–Crippen LogP) is 4.56. The number of halogens is 3. The third-order valence-electron chi connectivity index (χ3n) is 1.97. The molecular weight excluding hydrogens is 329 g/mol. The van der Waals surface area contributed by atoms with Crippen molar-refractivity contribution in [2.24, 2.45) is 0 Å². The molecule has 1 heterocycles. The van der Waals surface area contributed by atoms with Gasteiger partial charge >= 0.3 is 0 Å². The second kappa shape index (κ2) is 5.16. The Morgan fingerprint density at radius 2 is 2.12 bits per heavy atom. The van der Waals surface area contributed by atoms with E-state index in [1.165, 1.54) is 29.5 Å². The van der Waals surface area contributed by atoms with Gasteiger partial charge in [0, 0.05) is 5.02 Å². The van der Waals surface area contributed by atoms with Crippen molar-refractivity contribution in [3.05, 3.63) is 49.8 Å². The van der Waals surface area contributed by atoms with E-state index in [4.69, 9.17) is 11.6 Å². The molecule has 0 aliphatic heterocycles. The molecular formula is C11H6BrClFNOS. The fourth-order valence-corrected chi connectivity index (χ4v) is 2.67. The lowest BCUT2D eigenvalue weighted by molar-refractivity contribution is 0.103. The molecule has 0 aliphatic rings. The molecule has 0 unspecified atom stereocenters. The van der Waals surface area contributed by atoms with Crippen molar-refractivity contribution in [3.8, 4) is 0 Å². The van der Waals surface area contributed by atoms with Crippen LogP contribution in [0.15, 0.2) is 34.1 Å². The van der Waals surface area contributed by atoms with E-state index < -0.39 is 5.82 Å². The van der Waals surface area contributed by atoms with E-state index in [9.17, 15) is 9.18 Å². The van der Waals surface area contributed by atoms with Gasteiger partial charge in [0.15, 0.2) is 0 Å². The molecule has 0 spiro atoms. The molecule has 0 radical (unpaired) electrons. The largest absolute Gasteiger partial charge is 0.319 e. The van der Waals surface area contributed by atoms with Crippen molar-refractivity contribution in [2.75, 3.05) is 5.32 Å². The maximum absolute atomic E-state index is 13.4. The first-order valence-electron chi connectivity index (χ1n) is 4.58. The van der Waals surface area contributed by atoms with Crippen LogP contribution in [0.4, 0.5) is 10.1 Å². The molecule has 0 aliphatic carbocycles. The van der Waals surface area contributed by atoms with E-state index in [0.717, 1.165) is 3.79 Å². The van der Waals surface area contributed by atoms with Gasteiger partial charge in [-0.05, 0) is 46.3 Å². The number of carbonyl (C=O) groups is 1. The minimum absolute atomic E-state index is 0.0759. The minimum Gasteiger partial charge on any atom is -0.319 e. The number of hydrogen-bond donors (Lipinski definition) is 1. The van der Waals surface area contributed by atoms with Crippen LogP contribution in [0, 0.1) is 5.82 Å². The number of hydrogen-bond acceptors (Lipinski definition) is 2. The van der Waals surface area contributed by atoms with Gasteiger partial charge in [-0.3, -0.25) is 4.79 Å². The lowest BCUT2D eigenvalue weighted by atomic mass is 10.3. The predicted molar refractivity (Wildman–Crippen MR) is 71.4 cm³/mol. The van der Waals surface area contributed by atoms with Gasteiger partial charge in [0.2, 0.25) is 0 Å². The third-order valence-corrected chi connectivity index (χ3v) is 3.83. The molecule has 0 atom stereocenters. The van der Waals surface area contributed by atoms with E-state index in [2.05, 4.69) is 21.2 Å². The summed E-state index contributed by atoms with van der Waals surface area (Å²) >= 11 is 10.3. The number of benzene rings is 1. The molecule has 1 amide bonds. The Hall–Kier alpha value is -0.910. The second-order valence-corrected chi connectivity index (χ2v) is 6.08. The first-order chi connectivity index (χ1) is 8.06. The van der Waals surface area contributed by atoms with Gasteiger partial charge in [0.05, 0.1) is 14.4 Å². The van der Waals surface area contributed by atoms with Crippen LogP contribution in [0.3, 0.4) is 0 Å². The molecule has 2 nitrogen and oxygen atoms in total. The zero-order valence-electron chi connectivity index (χ0n) is 8.34. The number of thiophene rings is 1. The van der Waals surface area contributed by atoms with Crippen molar-refractivity contribution < 1.29 is 9.18 Å². The lowest BCUT2D eigenvalue weighted by Crippen LogP contribution is -2.11. The molecule has 1 N–H and O–H groups in total. The summed E-state index contributed by atoms with van der Waals surface area (Å²) in [5, 5.41) is 2.84. The van der Waals surface area contributed by atoms with Crippen LogP contribution < -0.4 is 5.32 Å². The Morgan fingerprint density at radius 3 is 2.76 bits per heavy atom. The SMILES string of the molecule is O=C(Nc1cc(Cl)ccc1F)c1ccc(Br)s1. The molecule has 17 heavy (non-hydrogen) atoms. The van der Waals surface area contributed by atoms with E-state index in [1.54, 1.807) is 12.1 Å². The minimum atomic E-state index is -0.515. The molecule has 88 valence electrons. The highest BCUT2D eigenvalue weighted by Crippen LogP contribution is 2.24. The maximum atomic E-state index is 13.4. The summed E-state index contributed by atoms with van der Waals surface area (Å²) in [5.74, 6) is -0.875. The van der Waals surface area contributed by atoms with Gasteiger partial charge in [-0.25, -0.2) is 4.39 Å². The number of anilines is 1. The van der Waals surface area contributed by atoms with Crippen molar-refractivity contribution in [1.82, 2.24) is 0 Å². The maximum Gasteiger partial charge on any atom is 0.265 e. The zero-order valence-corrected chi connectivity index (χ0v) is 11.5. The van der Waals surface area contributed by atoms with E-state index in [0.29, 0.717) is 9.90 Å². The molecule has 1 aromatic heterocycles. The Labute approximate surface area is 115 Å². The normalized spacial score (nSPS) is 10.3. The molecule has 6 heteroatoms. The monoisotopic (exact) mass is 333 g/mol. The van der Waals surface area contributed by atoms with Crippen molar-refractivity contribution in [3.63, 3.8) is 0 Å². The first-order valence-corrected chi connectivity index (χ1v) is 6.57. The highest BCUT2D eigenvalue weighted by molar-refractivity contribution is 9.11. The van der Waals surface area contributed by atoms with Gasteiger partial charge in [0.1, 0.15) is 5.82 Å². The summed E-state index contributed by atoms with van der Waals surface area (Å²) in [6.07, 6.45) is 0. The fourth-order valence-electron chi connectivity index (χ4n) is 1.21. The molecule has 2 aromatic rings. The van der Waals surface area contributed by atoms with Crippen LogP contribution >= 0.6 is 38.9 Å². The average molecular weight is 335 g/mol. The van der Waals surface area contributed by atoms with Crippen molar-refractivity contribution in [1.29, 1.82) is 0 Å². The fraction of sp³-hybridized carbons (Fsp3) is 0. The summed E-state index contributed by atoms with van der Waals surface area (Å²) in [5.41, 5.74) is 0.0759. The number of amides is 1. The summed E-state index contributed by atoms with van der Waals surface area (Å²) in [4.78, 5) is 12.3. The Bertz CT molecular complexity index is 572. The molecule has 0 bridgehead atoms. The molecule has 1 aromatic carbocycles. The second-order valence-electron chi connectivity index (χ2n) is 3.18. The van der Waals surface area contributed by atoms with Crippen LogP contribution in [0.25, 0.3) is 0 Å². The van der Waals surface area contributed by atoms with Crippen molar-refractivity contribution >= 4 is 50.5 Å². The van der Waals surface area contributed by atoms with E-state index in [1.807, 2.05) is 0 Å². The average Bonchev–Trinajstić information content (AvgIpc) is 2.70. The quantitative estimate of drug-likeness (QED) is 0.857. The van der Waals surface area contributed by atoms with Crippen LogP contribution in [-0.2, 0) is 0 Å². The topological polar surface area (TPSA) is 29.1 Å². The van der Waals surface area contributed by atoms with Crippen LogP contribution in [0.2, 0.25) is 5.02 Å². The first kappa shape index (κ1) is 12.5. The smallest absolute Gasteiger partial charge is 0.265 e. The number of carbonyl (C=O) groups excluding carboxylic acids is 1. The van der Waals surface area contributed by atoms with Crippen LogP contribution in [0.5, 0.6) is 0 Å². The Kier molecular flexibility index (Phi) is 3.81. The lowest BCUT2D eigenvalue weighted by Gasteiger charge is -2.05. The summed E-state index contributed by atoms with van der Waals surface area (Å²) in [6, 6.07) is 7.43. The highest BCUT2D eigenvalue weighted by atomic mass is 79.9. The van der Waals surface area contributed by atoms with Gasteiger partial charge < -0.3 is 5.32 Å². The standard InChI is InChI=1S/C11H6BrClFNOS/c12-10-4-3-9(17-10)11(16)15-8-5-6(13)1-2-7(8)14/h1-5H,(H,15,16). The molecule has 2 rings (SSSR count). The summed E-state index contributed by atoms with van der Waals surface area (Å²) in [6.45, 7) is 0. The third kappa shape index (κ3) is 3.06. The van der Waals surface area contributed by atoms with Gasteiger partial charge in [-0.1, -0.05) is 11.6 Å². The Balaban J connectivity index is 2.21. The van der Waals surface area contributed by atoms with Crippen LogP contribution in [0.1, 0.15) is 9.67 Å². The molecule has 0 saturated heterocycles. The highest BCUT2D eigenvalue weighted by Gasteiger charge is 2.11. The summed E-state index contributed by atoms with van der Waals surface area (Å²) in [7, 11) is 0. The van der Waals surface area contributed by atoms with Gasteiger partial charge in [-0.2, -0.15) is 0 Å². The number of rotatable bonds is 2. The van der Waals surface area contributed by atoms with E-state index in [-0.39, 0.29) is 11.6 Å². The number of nitrogens with one attached hydrogen (secondary N) is 1. The molecule has 0 saturated carbocycles. The van der Waals surface area contributed by atoms with Gasteiger partial charge in [-0.15, -0.1) is 11.3 Å². The van der Waals surface area contributed by atoms with Crippen molar-refractivity contribution in [2.45, 2.75) is 0 Å².